The molecule has 1 aromatic rings. The molecular formula is C17H24N2O5S. The van der Waals surface area contributed by atoms with E-state index in [4.69, 9.17) is 5.11 Å². The Morgan fingerprint density at radius 3 is 2.28 bits per heavy atom. The molecule has 1 aromatic carbocycles. The molecule has 1 aliphatic rings. The molecule has 0 radical (unpaired) electrons. The van der Waals surface area contributed by atoms with Crippen molar-refractivity contribution in [3.05, 3.63) is 24.3 Å². The summed E-state index contributed by atoms with van der Waals surface area (Å²) in [5.41, 5.74) is -0.191. The van der Waals surface area contributed by atoms with E-state index in [2.05, 4.69) is 10.0 Å². The van der Waals surface area contributed by atoms with Gasteiger partial charge in [0.05, 0.1) is 11.3 Å². The Morgan fingerprint density at radius 1 is 1.16 bits per heavy atom. The fraction of sp³-hybridized carbons (Fsp3) is 0.529. The van der Waals surface area contributed by atoms with Crippen LogP contribution in [0.25, 0.3) is 0 Å². The van der Waals surface area contributed by atoms with Gasteiger partial charge < -0.3 is 10.4 Å². The first-order chi connectivity index (χ1) is 11.6. The van der Waals surface area contributed by atoms with Gasteiger partial charge in [0.2, 0.25) is 15.9 Å². The Balaban J connectivity index is 1.93. The minimum absolute atomic E-state index is 0.0578. The maximum absolute atomic E-state index is 12.1. The van der Waals surface area contributed by atoms with Crippen molar-refractivity contribution in [2.75, 3.05) is 11.9 Å². The van der Waals surface area contributed by atoms with Gasteiger partial charge in [0.25, 0.3) is 0 Å². The van der Waals surface area contributed by atoms with Gasteiger partial charge in [0.1, 0.15) is 0 Å². The maximum atomic E-state index is 12.1. The molecule has 1 saturated carbocycles. The van der Waals surface area contributed by atoms with Crippen LogP contribution in [0, 0.1) is 11.3 Å². The van der Waals surface area contributed by atoms with E-state index >= 15 is 0 Å². The Labute approximate surface area is 147 Å². The summed E-state index contributed by atoms with van der Waals surface area (Å²) in [6.07, 6.45) is 2.07. The fourth-order valence-corrected chi connectivity index (χ4v) is 3.58. The van der Waals surface area contributed by atoms with Crippen LogP contribution in [0.1, 0.15) is 39.5 Å². The SMILES string of the molecule is CC(C)(CC(=O)O)CC(=O)Nc1ccc(S(=O)(=O)NCC2CC2)cc1. The van der Waals surface area contributed by atoms with Gasteiger partial charge in [0, 0.05) is 18.7 Å². The van der Waals surface area contributed by atoms with Gasteiger partial charge in [-0.05, 0) is 48.4 Å². The second kappa shape index (κ2) is 7.53. The molecule has 1 fully saturated rings. The molecule has 2 rings (SSSR count). The number of benzene rings is 1. The van der Waals surface area contributed by atoms with Crippen molar-refractivity contribution in [3.8, 4) is 0 Å². The molecule has 8 heteroatoms. The number of hydrogen-bond donors (Lipinski definition) is 3. The number of carbonyl (C=O) groups excluding carboxylic acids is 1. The Bertz CT molecular complexity index is 737. The second-order valence-corrected chi connectivity index (χ2v) is 9.05. The summed E-state index contributed by atoms with van der Waals surface area (Å²) in [5.74, 6) is -0.817. The zero-order chi connectivity index (χ0) is 18.7. The average Bonchev–Trinajstić information content (AvgIpc) is 3.27. The summed E-state index contributed by atoms with van der Waals surface area (Å²) >= 11 is 0. The first-order valence-electron chi connectivity index (χ1n) is 8.19. The first kappa shape index (κ1) is 19.4. The summed E-state index contributed by atoms with van der Waals surface area (Å²) in [6.45, 7) is 3.88. The van der Waals surface area contributed by atoms with E-state index in [-0.39, 0.29) is 23.6 Å². The largest absolute Gasteiger partial charge is 0.481 e. The van der Waals surface area contributed by atoms with Crippen LogP contribution in [0.4, 0.5) is 5.69 Å². The summed E-state index contributed by atoms with van der Waals surface area (Å²) < 4.78 is 26.8. The van der Waals surface area contributed by atoms with E-state index in [1.54, 1.807) is 13.8 Å². The summed E-state index contributed by atoms with van der Waals surface area (Å²) in [5, 5.41) is 11.5. The van der Waals surface area contributed by atoms with Gasteiger partial charge >= 0.3 is 5.97 Å². The van der Waals surface area contributed by atoms with Gasteiger partial charge in [-0.15, -0.1) is 0 Å². The molecule has 7 nitrogen and oxygen atoms in total. The van der Waals surface area contributed by atoms with E-state index in [0.717, 1.165) is 12.8 Å². The van der Waals surface area contributed by atoms with Crippen LogP contribution in [0.5, 0.6) is 0 Å². The normalized spacial score (nSPS) is 15.0. The Kier molecular flexibility index (Phi) is 5.84. The molecule has 0 heterocycles. The summed E-state index contributed by atoms with van der Waals surface area (Å²) in [6, 6.07) is 5.92. The lowest BCUT2D eigenvalue weighted by atomic mass is 9.85. The third kappa shape index (κ3) is 6.47. The van der Waals surface area contributed by atoms with Crippen LogP contribution in [-0.2, 0) is 19.6 Å². The molecule has 0 unspecified atom stereocenters. The highest BCUT2D eigenvalue weighted by Gasteiger charge is 2.26. The third-order valence-electron chi connectivity index (χ3n) is 3.98. The van der Waals surface area contributed by atoms with Crippen LogP contribution < -0.4 is 10.0 Å². The number of carbonyl (C=O) groups is 2. The molecule has 0 saturated heterocycles. The molecule has 0 aromatic heterocycles. The molecular weight excluding hydrogens is 344 g/mol. The van der Waals surface area contributed by atoms with E-state index in [9.17, 15) is 18.0 Å². The zero-order valence-corrected chi connectivity index (χ0v) is 15.2. The van der Waals surface area contributed by atoms with Crippen molar-refractivity contribution in [3.63, 3.8) is 0 Å². The molecule has 25 heavy (non-hydrogen) atoms. The Hall–Kier alpha value is -1.93. The highest BCUT2D eigenvalue weighted by atomic mass is 32.2. The molecule has 138 valence electrons. The Morgan fingerprint density at radius 2 is 1.76 bits per heavy atom. The molecule has 3 N–H and O–H groups in total. The number of rotatable bonds is 9. The van der Waals surface area contributed by atoms with Crippen molar-refractivity contribution in [2.45, 2.75) is 44.4 Å². The topological polar surface area (TPSA) is 113 Å². The summed E-state index contributed by atoms with van der Waals surface area (Å²) in [4.78, 5) is 23.0. The number of anilines is 1. The van der Waals surface area contributed by atoms with Crippen LogP contribution >= 0.6 is 0 Å². The second-order valence-electron chi connectivity index (χ2n) is 7.28. The highest BCUT2D eigenvalue weighted by Crippen LogP contribution is 2.28. The van der Waals surface area contributed by atoms with Crippen LogP contribution in [0.3, 0.4) is 0 Å². The van der Waals surface area contributed by atoms with Gasteiger partial charge in [-0.25, -0.2) is 13.1 Å². The van der Waals surface area contributed by atoms with E-state index in [1.807, 2.05) is 0 Å². The smallest absolute Gasteiger partial charge is 0.303 e. The zero-order valence-electron chi connectivity index (χ0n) is 14.4. The lowest BCUT2D eigenvalue weighted by Gasteiger charge is -2.21. The van der Waals surface area contributed by atoms with Crippen LogP contribution in [0.15, 0.2) is 29.2 Å². The van der Waals surface area contributed by atoms with Gasteiger partial charge in [-0.2, -0.15) is 0 Å². The summed E-state index contributed by atoms with van der Waals surface area (Å²) in [7, 11) is -3.53. The van der Waals surface area contributed by atoms with Crippen molar-refractivity contribution in [2.24, 2.45) is 11.3 Å². The number of amides is 1. The number of aliphatic carboxylic acids is 1. The van der Waals surface area contributed by atoms with Crippen molar-refractivity contribution >= 4 is 27.6 Å². The molecule has 1 aliphatic carbocycles. The fourth-order valence-electron chi connectivity index (χ4n) is 2.46. The van der Waals surface area contributed by atoms with Crippen molar-refractivity contribution in [1.82, 2.24) is 4.72 Å². The lowest BCUT2D eigenvalue weighted by molar-refractivity contribution is -0.139. The van der Waals surface area contributed by atoms with Crippen LogP contribution in [0.2, 0.25) is 0 Å². The monoisotopic (exact) mass is 368 g/mol. The standard InChI is InChI=1S/C17H24N2O5S/c1-17(2,10-16(21)22)9-15(20)19-13-5-7-14(8-6-13)25(23,24)18-11-12-3-4-12/h5-8,12,18H,3-4,9-11H2,1-2H3,(H,19,20)(H,21,22). The predicted octanol–water partition coefficient (Wildman–Crippen LogP) is 2.20. The number of nitrogens with one attached hydrogen (secondary N) is 2. The minimum atomic E-state index is -3.53. The highest BCUT2D eigenvalue weighted by molar-refractivity contribution is 7.89. The number of sulfonamides is 1. The molecule has 1 amide bonds. The van der Waals surface area contributed by atoms with E-state index < -0.39 is 21.4 Å². The maximum Gasteiger partial charge on any atom is 0.303 e. The van der Waals surface area contributed by atoms with Crippen molar-refractivity contribution in [1.29, 1.82) is 0 Å². The third-order valence-corrected chi connectivity index (χ3v) is 5.42. The number of carboxylic acids is 1. The molecule has 0 bridgehead atoms. The van der Waals surface area contributed by atoms with Gasteiger partial charge in [-0.3, -0.25) is 9.59 Å². The van der Waals surface area contributed by atoms with E-state index in [1.165, 1.54) is 24.3 Å². The quantitative estimate of drug-likeness (QED) is 0.618. The van der Waals surface area contributed by atoms with Gasteiger partial charge in [-0.1, -0.05) is 13.8 Å². The van der Waals surface area contributed by atoms with Crippen LogP contribution in [-0.4, -0.2) is 31.9 Å². The molecule has 0 aliphatic heterocycles. The van der Waals surface area contributed by atoms with E-state index in [0.29, 0.717) is 18.2 Å². The minimum Gasteiger partial charge on any atom is -0.481 e. The number of hydrogen-bond acceptors (Lipinski definition) is 4. The first-order valence-corrected chi connectivity index (χ1v) is 9.67. The van der Waals surface area contributed by atoms with Crippen molar-refractivity contribution < 1.29 is 23.1 Å². The lowest BCUT2D eigenvalue weighted by Crippen LogP contribution is -2.26. The molecule has 0 atom stereocenters. The van der Waals surface area contributed by atoms with Gasteiger partial charge in [0.15, 0.2) is 0 Å². The average molecular weight is 368 g/mol. The molecule has 0 spiro atoms. The predicted molar refractivity (Wildman–Crippen MR) is 93.6 cm³/mol. The number of carboxylic acid groups (broad SMARTS) is 1.